The molecule has 2 amide bonds. The van der Waals surface area contributed by atoms with Crippen LogP contribution in [0.2, 0.25) is 0 Å². The highest BCUT2D eigenvalue weighted by Gasteiger charge is 2.40. The number of benzene rings is 1. The number of halogens is 2. The lowest BCUT2D eigenvalue weighted by molar-refractivity contribution is -0.141. The fourth-order valence-corrected chi connectivity index (χ4v) is 4.71. The Balaban J connectivity index is 1.27. The Morgan fingerprint density at radius 3 is 2.30 bits per heavy atom. The molecule has 3 heterocycles. The molecule has 0 aliphatic carbocycles. The number of carbonyl (C=O) groups excluding carboxylic acids is 2. The molecule has 1 aromatic carbocycles. The van der Waals surface area contributed by atoms with Crippen LogP contribution in [-0.4, -0.2) is 74.1 Å². The van der Waals surface area contributed by atoms with Crippen molar-refractivity contribution in [1.29, 1.82) is 0 Å². The van der Waals surface area contributed by atoms with Gasteiger partial charge >= 0.3 is 0 Å². The second-order valence-corrected chi connectivity index (χ2v) is 8.47. The van der Waals surface area contributed by atoms with Gasteiger partial charge in [0.2, 0.25) is 11.8 Å². The summed E-state index contributed by atoms with van der Waals surface area (Å²) in [5.74, 6) is -2.12. The topological polar surface area (TPSA) is 53.1 Å². The van der Waals surface area contributed by atoms with Crippen LogP contribution in [0.25, 0.3) is 0 Å². The minimum atomic E-state index is -0.749. The van der Waals surface area contributed by atoms with E-state index >= 15 is 0 Å². The van der Waals surface area contributed by atoms with Crippen molar-refractivity contribution in [1.82, 2.24) is 9.80 Å². The Morgan fingerprint density at radius 1 is 0.967 bits per heavy atom. The van der Waals surface area contributed by atoms with Crippen LogP contribution in [0, 0.1) is 23.5 Å². The third-order valence-electron chi connectivity index (χ3n) is 6.55. The van der Waals surface area contributed by atoms with Gasteiger partial charge in [0.15, 0.2) is 0 Å². The summed E-state index contributed by atoms with van der Waals surface area (Å²) < 4.78 is 32.4. The maximum absolute atomic E-state index is 13.5. The number of nitrogens with zero attached hydrogens (tertiary/aromatic N) is 3. The highest BCUT2D eigenvalue weighted by Crippen LogP contribution is 2.29. The smallest absolute Gasteiger partial charge is 0.239 e. The van der Waals surface area contributed by atoms with Gasteiger partial charge in [0.05, 0.1) is 13.2 Å². The molecular formula is C22H29F2N3O3. The molecule has 0 aromatic heterocycles. The van der Waals surface area contributed by atoms with Crippen molar-refractivity contribution in [2.75, 3.05) is 57.4 Å². The number of amides is 2. The summed E-state index contributed by atoms with van der Waals surface area (Å²) in [6, 6.07) is 3.04. The number of ether oxygens (including phenoxy) is 1. The van der Waals surface area contributed by atoms with Crippen LogP contribution in [0.4, 0.5) is 14.5 Å². The lowest BCUT2D eigenvalue weighted by Crippen LogP contribution is -2.44. The van der Waals surface area contributed by atoms with Gasteiger partial charge in [-0.2, -0.15) is 0 Å². The van der Waals surface area contributed by atoms with Crippen LogP contribution in [0.1, 0.15) is 25.7 Å². The summed E-state index contributed by atoms with van der Waals surface area (Å²) in [5.41, 5.74) is 0.176. The molecule has 1 unspecified atom stereocenters. The summed E-state index contributed by atoms with van der Waals surface area (Å²) in [6.45, 7) is 6.31. The monoisotopic (exact) mass is 421 g/mol. The molecule has 1 aromatic rings. The molecule has 0 saturated carbocycles. The molecule has 164 valence electrons. The normalized spacial score (nSPS) is 23.9. The van der Waals surface area contributed by atoms with E-state index in [1.165, 1.54) is 4.90 Å². The maximum Gasteiger partial charge on any atom is 0.239 e. The molecule has 0 bridgehead atoms. The lowest BCUT2D eigenvalue weighted by atomic mass is 9.92. The van der Waals surface area contributed by atoms with Gasteiger partial charge in [0.25, 0.3) is 0 Å². The molecule has 30 heavy (non-hydrogen) atoms. The number of likely N-dealkylation sites (tertiary alicyclic amines) is 1. The predicted molar refractivity (Wildman–Crippen MR) is 108 cm³/mol. The van der Waals surface area contributed by atoms with Crippen molar-refractivity contribution >= 4 is 17.5 Å². The Morgan fingerprint density at radius 2 is 1.63 bits per heavy atom. The Hall–Kier alpha value is -2.06. The number of piperidine rings is 1. The summed E-state index contributed by atoms with van der Waals surface area (Å²) in [5, 5.41) is 0. The minimum absolute atomic E-state index is 0.147. The minimum Gasteiger partial charge on any atom is -0.379 e. The molecule has 4 rings (SSSR count). The first-order chi connectivity index (χ1) is 14.5. The van der Waals surface area contributed by atoms with E-state index in [2.05, 4.69) is 4.90 Å². The Labute approximate surface area is 175 Å². The number of rotatable bonds is 5. The first-order valence-corrected chi connectivity index (χ1v) is 10.9. The van der Waals surface area contributed by atoms with Crippen LogP contribution in [0.15, 0.2) is 18.2 Å². The molecule has 3 fully saturated rings. The lowest BCUT2D eigenvalue weighted by Gasteiger charge is -2.34. The average molecular weight is 421 g/mol. The quantitative estimate of drug-likeness (QED) is 0.685. The largest absolute Gasteiger partial charge is 0.379 e. The van der Waals surface area contributed by atoms with E-state index in [0.717, 1.165) is 70.3 Å². The van der Waals surface area contributed by atoms with Gasteiger partial charge in [-0.25, -0.2) is 8.78 Å². The van der Waals surface area contributed by atoms with Gasteiger partial charge in [-0.05, 0) is 50.3 Å². The van der Waals surface area contributed by atoms with E-state index in [9.17, 15) is 18.4 Å². The zero-order valence-electron chi connectivity index (χ0n) is 17.2. The van der Waals surface area contributed by atoms with Crippen molar-refractivity contribution in [3.63, 3.8) is 0 Å². The van der Waals surface area contributed by atoms with Crippen LogP contribution >= 0.6 is 0 Å². The Kier molecular flexibility index (Phi) is 6.63. The average Bonchev–Trinajstić information content (AvgIpc) is 3.13. The van der Waals surface area contributed by atoms with Crippen molar-refractivity contribution in [3.8, 4) is 0 Å². The number of anilines is 1. The first-order valence-electron chi connectivity index (χ1n) is 10.9. The second-order valence-electron chi connectivity index (χ2n) is 8.47. The molecule has 3 aliphatic heterocycles. The molecule has 3 aliphatic rings. The van der Waals surface area contributed by atoms with Gasteiger partial charge in [-0.1, -0.05) is 0 Å². The molecular weight excluding hydrogens is 392 g/mol. The predicted octanol–water partition coefficient (Wildman–Crippen LogP) is 2.28. The van der Waals surface area contributed by atoms with Crippen molar-refractivity contribution in [3.05, 3.63) is 29.8 Å². The Bertz CT molecular complexity index is 757. The standard InChI is InChI=1S/C22H29F2N3O3/c23-17-13-18(24)15-19(14-17)27-8-4-20(22(27)29)21(28)26-6-2-16(3-7-26)1-5-25-9-11-30-12-10-25/h13-16,20H,1-12H2. The molecule has 8 heteroatoms. The molecule has 0 spiro atoms. The first kappa shape index (κ1) is 21.2. The van der Waals surface area contributed by atoms with E-state index in [4.69, 9.17) is 4.74 Å². The molecule has 0 N–H and O–H groups in total. The number of carbonyl (C=O) groups is 2. The van der Waals surface area contributed by atoms with Crippen molar-refractivity contribution < 1.29 is 23.1 Å². The SMILES string of the molecule is O=C(C1CCN(c2cc(F)cc(F)c2)C1=O)N1CCC(CCN2CCOCC2)CC1. The van der Waals surface area contributed by atoms with E-state index in [1.54, 1.807) is 4.90 Å². The van der Waals surface area contributed by atoms with Crippen LogP contribution in [0.3, 0.4) is 0 Å². The van der Waals surface area contributed by atoms with Gasteiger partial charge in [0.1, 0.15) is 17.6 Å². The van der Waals surface area contributed by atoms with Gasteiger partial charge in [-0.15, -0.1) is 0 Å². The van der Waals surface area contributed by atoms with Crippen LogP contribution in [-0.2, 0) is 14.3 Å². The van der Waals surface area contributed by atoms with E-state index in [1.807, 2.05) is 0 Å². The third-order valence-corrected chi connectivity index (χ3v) is 6.55. The van der Waals surface area contributed by atoms with Gasteiger partial charge in [0, 0.05) is 44.5 Å². The van der Waals surface area contributed by atoms with E-state index in [0.29, 0.717) is 32.0 Å². The fourth-order valence-electron chi connectivity index (χ4n) is 4.71. The van der Waals surface area contributed by atoms with E-state index in [-0.39, 0.29) is 17.5 Å². The highest BCUT2D eigenvalue weighted by atomic mass is 19.1. The molecule has 0 radical (unpaired) electrons. The number of morpholine rings is 1. The highest BCUT2D eigenvalue weighted by molar-refractivity contribution is 6.09. The second kappa shape index (κ2) is 9.39. The van der Waals surface area contributed by atoms with Crippen LogP contribution < -0.4 is 4.90 Å². The van der Waals surface area contributed by atoms with Crippen molar-refractivity contribution in [2.24, 2.45) is 11.8 Å². The maximum atomic E-state index is 13.5. The van der Waals surface area contributed by atoms with Crippen LogP contribution in [0.5, 0.6) is 0 Å². The molecule has 3 saturated heterocycles. The van der Waals surface area contributed by atoms with Gasteiger partial charge < -0.3 is 14.5 Å². The number of hydrogen-bond donors (Lipinski definition) is 0. The van der Waals surface area contributed by atoms with E-state index < -0.39 is 17.6 Å². The summed E-state index contributed by atoms with van der Waals surface area (Å²) in [6.07, 6.45) is 3.42. The fraction of sp³-hybridized carbons (Fsp3) is 0.636. The van der Waals surface area contributed by atoms with Gasteiger partial charge in [-0.3, -0.25) is 14.5 Å². The molecule has 6 nitrogen and oxygen atoms in total. The molecule has 1 atom stereocenters. The zero-order valence-corrected chi connectivity index (χ0v) is 17.2. The van der Waals surface area contributed by atoms with Crippen molar-refractivity contribution in [2.45, 2.75) is 25.7 Å². The third kappa shape index (κ3) is 4.81. The zero-order chi connectivity index (χ0) is 21.1. The summed E-state index contributed by atoms with van der Waals surface area (Å²) in [7, 11) is 0. The number of hydrogen-bond acceptors (Lipinski definition) is 4. The summed E-state index contributed by atoms with van der Waals surface area (Å²) >= 11 is 0. The summed E-state index contributed by atoms with van der Waals surface area (Å²) in [4.78, 5) is 31.3.